The van der Waals surface area contributed by atoms with Crippen molar-refractivity contribution in [2.75, 3.05) is 25.1 Å². The van der Waals surface area contributed by atoms with Crippen LogP contribution in [0.5, 0.6) is 5.75 Å². The Morgan fingerprint density at radius 2 is 1.38 bits per heavy atom. The van der Waals surface area contributed by atoms with E-state index >= 15 is 0 Å². The monoisotopic (exact) mass is 741 g/mol. The van der Waals surface area contributed by atoms with E-state index in [-0.39, 0.29) is 47.5 Å². The number of benzene rings is 1. The molecule has 0 radical (unpaired) electrons. The maximum atomic E-state index is 14.1. The van der Waals surface area contributed by atoms with Crippen LogP contribution in [0, 0.1) is 0 Å². The number of hydrogen-bond donors (Lipinski definition) is 4. The lowest BCUT2D eigenvalue weighted by Crippen LogP contribution is -2.54. The van der Waals surface area contributed by atoms with Crippen LogP contribution in [-0.4, -0.2) is 102 Å². The number of carbonyl (C=O) groups is 5. The number of rotatable bonds is 5. The first-order chi connectivity index (χ1) is 24.0. The zero-order valence-electron chi connectivity index (χ0n) is 27.6. The molecule has 4 N–H and O–H groups in total. The highest BCUT2D eigenvalue weighted by atomic mass is 32.2. The highest BCUT2D eigenvalue weighted by Gasteiger charge is 2.40. The van der Waals surface area contributed by atoms with E-state index in [2.05, 4.69) is 25.9 Å². The van der Waals surface area contributed by atoms with Crippen LogP contribution in [0.1, 0.15) is 87.7 Å². The summed E-state index contributed by atoms with van der Waals surface area (Å²) in [7, 11) is -1.21. The lowest BCUT2D eigenvalue weighted by atomic mass is 10.0. The number of phenolic OH excluding ortho intramolecular Hbond substituents is 1. The number of nitrogens with zero attached hydrogens (tertiary/aromatic N) is 4. The fourth-order valence-corrected chi connectivity index (χ4v) is 8.89. The van der Waals surface area contributed by atoms with Gasteiger partial charge >= 0.3 is 0 Å². The second-order valence-electron chi connectivity index (χ2n) is 12.7. The molecule has 1 unspecified atom stereocenters. The number of amides is 5. The van der Waals surface area contributed by atoms with Crippen molar-refractivity contribution in [3.63, 3.8) is 0 Å². The van der Waals surface area contributed by atoms with E-state index in [0.29, 0.717) is 54.4 Å². The molecule has 17 heteroatoms. The van der Waals surface area contributed by atoms with E-state index in [0.717, 1.165) is 0 Å². The van der Waals surface area contributed by atoms with Crippen molar-refractivity contribution >= 4 is 63.0 Å². The Bertz CT molecular complexity index is 1800. The van der Waals surface area contributed by atoms with E-state index in [1.54, 1.807) is 34.7 Å². The summed E-state index contributed by atoms with van der Waals surface area (Å²) in [5.41, 5.74) is 0.881. The highest BCUT2D eigenvalue weighted by molar-refractivity contribution is 7.84. The topological polar surface area (TPSA) is 191 Å². The number of aromatic hydroxyl groups is 1. The maximum absolute atomic E-state index is 14.1. The fraction of sp³-hybridized carbons (Fsp3) is 0.485. The van der Waals surface area contributed by atoms with Crippen molar-refractivity contribution in [3.05, 3.63) is 62.0 Å². The third-order valence-electron chi connectivity index (χ3n) is 9.17. The van der Waals surface area contributed by atoms with Gasteiger partial charge in [0, 0.05) is 53.1 Å². The Balaban J connectivity index is 1.35. The number of phenols is 1. The van der Waals surface area contributed by atoms with Crippen LogP contribution >= 0.6 is 22.7 Å². The van der Waals surface area contributed by atoms with Crippen LogP contribution in [-0.2, 0) is 31.6 Å². The van der Waals surface area contributed by atoms with Gasteiger partial charge in [0.1, 0.15) is 45.3 Å². The van der Waals surface area contributed by atoms with Crippen molar-refractivity contribution in [2.24, 2.45) is 0 Å². The minimum Gasteiger partial charge on any atom is -0.508 e. The third kappa shape index (κ3) is 7.89. The molecule has 3 aliphatic rings. The second-order valence-corrected chi connectivity index (χ2v) is 16.1. The molecule has 2 saturated heterocycles. The van der Waals surface area contributed by atoms with Crippen LogP contribution in [0.3, 0.4) is 0 Å². The van der Waals surface area contributed by atoms with Gasteiger partial charge in [0.25, 0.3) is 11.8 Å². The maximum Gasteiger partial charge on any atom is 0.271 e. The first-order valence-corrected chi connectivity index (χ1v) is 20.0. The average molecular weight is 742 g/mol. The molecule has 2 fully saturated rings. The molecule has 3 aromatic rings. The van der Waals surface area contributed by atoms with Crippen molar-refractivity contribution in [2.45, 2.75) is 75.7 Å². The van der Waals surface area contributed by atoms with Gasteiger partial charge in [0.05, 0.1) is 12.1 Å². The van der Waals surface area contributed by atoms with Gasteiger partial charge in [0.15, 0.2) is 0 Å². The number of hydrogen-bond acceptors (Lipinski definition) is 11. The average Bonchev–Trinajstić information content (AvgIpc) is 3.92. The zero-order valence-corrected chi connectivity index (χ0v) is 30.1. The summed E-state index contributed by atoms with van der Waals surface area (Å²) in [6, 6.07) is 2.55. The number of carbonyl (C=O) groups excluding carboxylic acids is 5. The minimum atomic E-state index is -1.21. The van der Waals surface area contributed by atoms with Gasteiger partial charge in [-0.3, -0.25) is 28.2 Å². The van der Waals surface area contributed by atoms with E-state index in [9.17, 15) is 33.3 Å². The largest absolute Gasteiger partial charge is 0.508 e. The van der Waals surface area contributed by atoms with Crippen molar-refractivity contribution in [3.8, 4) is 5.75 Å². The fourth-order valence-electron chi connectivity index (χ4n) is 6.57. The summed E-state index contributed by atoms with van der Waals surface area (Å²) < 4.78 is 12.0. The summed E-state index contributed by atoms with van der Waals surface area (Å²) in [6.07, 6.45) is 4.13. The molecule has 14 nitrogen and oxygen atoms in total. The predicted octanol–water partition coefficient (Wildman–Crippen LogP) is 2.06. The van der Waals surface area contributed by atoms with Crippen LogP contribution in [0.15, 0.2) is 35.0 Å². The number of fused-ring (bicyclic) bond motifs is 7. The van der Waals surface area contributed by atoms with Gasteiger partial charge in [-0.15, -0.1) is 22.7 Å². The second kappa shape index (κ2) is 15.3. The van der Waals surface area contributed by atoms with Gasteiger partial charge in [-0.25, -0.2) is 9.97 Å². The normalized spacial score (nSPS) is 25.6. The first-order valence-electron chi connectivity index (χ1n) is 16.5. The van der Waals surface area contributed by atoms with E-state index in [1.807, 2.05) is 0 Å². The van der Waals surface area contributed by atoms with Gasteiger partial charge in [-0.1, -0.05) is 12.1 Å². The molecule has 5 amide bonds. The van der Waals surface area contributed by atoms with Gasteiger partial charge < -0.3 is 30.9 Å². The molecule has 0 aliphatic carbocycles. The molecule has 0 spiro atoms. The van der Waals surface area contributed by atoms with Crippen LogP contribution in [0.4, 0.5) is 0 Å². The Kier molecular flexibility index (Phi) is 10.9. The number of thiazole rings is 2. The van der Waals surface area contributed by atoms with E-state index in [4.69, 9.17) is 0 Å². The molecule has 50 heavy (non-hydrogen) atoms. The summed E-state index contributed by atoms with van der Waals surface area (Å²) in [5.74, 6) is -2.01. The molecule has 6 rings (SSSR count). The molecule has 4 bridgehead atoms. The lowest BCUT2D eigenvalue weighted by molar-refractivity contribution is -0.140. The summed E-state index contributed by atoms with van der Waals surface area (Å²) >= 11 is 2.42. The SMILES string of the molecule is C[C@@H]1NC(=O)[C@@H]2CCCN2C(=O)[C@H](Cc2ccc(O)cc2)NC(=O)c2csc(n2)[C@@H]2CCCN2C(=O)[C@H](CCS(C)=O)NC(=O)c2csc1n2. The van der Waals surface area contributed by atoms with Crippen molar-refractivity contribution in [1.82, 2.24) is 35.7 Å². The number of nitrogens with one attached hydrogen (secondary N) is 3. The van der Waals surface area contributed by atoms with Gasteiger partial charge in [0.2, 0.25) is 17.7 Å². The molecule has 0 saturated carbocycles. The van der Waals surface area contributed by atoms with E-state index < -0.39 is 58.7 Å². The molecular formula is C33H39N7O7S3. The van der Waals surface area contributed by atoms with Crippen LogP contribution in [0.2, 0.25) is 0 Å². The van der Waals surface area contributed by atoms with Crippen LogP contribution in [0.25, 0.3) is 0 Å². The van der Waals surface area contributed by atoms with Gasteiger partial charge in [-0.2, -0.15) is 0 Å². The number of aromatic nitrogens is 2. The van der Waals surface area contributed by atoms with Crippen LogP contribution < -0.4 is 16.0 Å². The quantitative estimate of drug-likeness (QED) is 0.303. The minimum absolute atomic E-state index is 0.0648. The Morgan fingerprint density at radius 1 is 0.820 bits per heavy atom. The third-order valence-corrected chi connectivity index (χ3v) is 12.0. The zero-order chi connectivity index (χ0) is 35.5. The molecule has 2 aromatic heterocycles. The smallest absolute Gasteiger partial charge is 0.271 e. The molecule has 5 heterocycles. The van der Waals surface area contributed by atoms with Crippen molar-refractivity contribution in [1.29, 1.82) is 0 Å². The standard InChI is InChI=1S/C33H39N7O7S3/c1-18-30-37-23(16-48-30)27(42)35-21(11-14-50(2)47)32(45)40-13-4-6-26(40)31-38-24(17-49-31)28(43)36-22(15-19-7-9-20(41)10-8-19)33(46)39-12-3-5-25(39)29(44)34-18/h7-10,16-18,21-22,25-26,41H,3-6,11-15H2,1-2H3,(H,34,44)(H,35,42)(H,36,43)/t18-,21-,22-,25-,26-,50?/m0/s1. The Morgan fingerprint density at radius 3 is 2.04 bits per heavy atom. The molecule has 3 aliphatic heterocycles. The lowest BCUT2D eigenvalue weighted by Gasteiger charge is -2.29. The van der Waals surface area contributed by atoms with Gasteiger partial charge in [-0.05, 0) is 56.7 Å². The first kappa shape index (κ1) is 35.6. The van der Waals surface area contributed by atoms with E-state index in [1.165, 1.54) is 46.0 Å². The van der Waals surface area contributed by atoms with Crippen molar-refractivity contribution < 1.29 is 33.3 Å². The summed E-state index contributed by atoms with van der Waals surface area (Å²) in [6.45, 7) is 2.49. The Labute approximate surface area is 299 Å². The predicted molar refractivity (Wildman–Crippen MR) is 187 cm³/mol. The molecule has 266 valence electrons. The summed E-state index contributed by atoms with van der Waals surface area (Å²) in [4.78, 5) is 81.0. The Hall–Kier alpha value is -4.22. The summed E-state index contributed by atoms with van der Waals surface area (Å²) in [5, 5.41) is 22.6. The highest BCUT2D eigenvalue weighted by Crippen LogP contribution is 2.35. The molecular weight excluding hydrogens is 703 g/mol. The molecule has 1 aromatic carbocycles. The molecule has 6 atom stereocenters.